The molecule has 0 fully saturated rings. The molecule has 0 bridgehead atoms. The van der Waals surface area contributed by atoms with Crippen molar-refractivity contribution in [3.8, 4) is 33.5 Å². The largest absolute Gasteiger partial charge is 0.213 e. The summed E-state index contributed by atoms with van der Waals surface area (Å²) < 4.78 is 2.36. The van der Waals surface area contributed by atoms with Gasteiger partial charge in [0, 0.05) is 11.6 Å². The standard InChI is InChI=1S/C33H36N/c1-21-12-8-10-14-26(21)29-20-34(7)30(18-25(29)19-33(4,5)6)32-23(3)16-22(2)31-27-15-11-9-13-24(27)17-28(31)32/h8-16,18,20H,17,19H2,1-7H3/q+1. The SMILES string of the molecule is Cc1ccccc1-c1c[n+](C)c(-c2c(C)cc(C)c3c2Cc2ccccc2-3)cc1CC(C)(C)C. The van der Waals surface area contributed by atoms with E-state index >= 15 is 0 Å². The van der Waals surface area contributed by atoms with Crippen LogP contribution in [0.4, 0.5) is 0 Å². The van der Waals surface area contributed by atoms with Crippen LogP contribution >= 0.6 is 0 Å². The minimum Gasteiger partial charge on any atom is -0.200 e. The predicted molar refractivity (Wildman–Crippen MR) is 144 cm³/mol. The molecule has 1 heterocycles. The number of aryl methyl sites for hydroxylation is 4. The van der Waals surface area contributed by atoms with Crippen LogP contribution in [0.1, 0.15) is 54.2 Å². The minimum absolute atomic E-state index is 0.204. The van der Waals surface area contributed by atoms with Crippen molar-refractivity contribution >= 4 is 0 Å². The van der Waals surface area contributed by atoms with Gasteiger partial charge in [-0.25, -0.2) is 4.57 Å². The van der Waals surface area contributed by atoms with E-state index in [9.17, 15) is 0 Å². The lowest BCUT2D eigenvalue weighted by atomic mass is 9.83. The van der Waals surface area contributed by atoms with Crippen LogP contribution in [0.25, 0.3) is 33.5 Å². The third kappa shape index (κ3) is 3.88. The average molecular weight is 447 g/mol. The molecule has 1 aromatic heterocycles. The molecule has 172 valence electrons. The summed E-state index contributed by atoms with van der Waals surface area (Å²) in [6.07, 6.45) is 4.42. The molecule has 0 spiro atoms. The number of hydrogen-bond acceptors (Lipinski definition) is 0. The smallest absolute Gasteiger partial charge is 0.200 e. The Morgan fingerprint density at radius 2 is 1.38 bits per heavy atom. The number of pyridine rings is 1. The highest BCUT2D eigenvalue weighted by molar-refractivity contribution is 5.87. The van der Waals surface area contributed by atoms with Gasteiger partial charge in [-0.2, -0.15) is 0 Å². The fourth-order valence-electron chi connectivity index (χ4n) is 5.86. The molecule has 0 radical (unpaired) electrons. The molecule has 0 N–H and O–H groups in total. The highest BCUT2D eigenvalue weighted by atomic mass is 14.9. The van der Waals surface area contributed by atoms with Crippen molar-refractivity contribution in [1.82, 2.24) is 0 Å². The van der Waals surface area contributed by atoms with Crippen LogP contribution < -0.4 is 4.57 Å². The molecule has 1 heteroatoms. The van der Waals surface area contributed by atoms with Crippen LogP contribution in [0.15, 0.2) is 66.9 Å². The van der Waals surface area contributed by atoms with E-state index in [0.717, 1.165) is 12.8 Å². The molecule has 5 rings (SSSR count). The van der Waals surface area contributed by atoms with Gasteiger partial charge in [0.05, 0.1) is 5.56 Å². The number of nitrogens with zero attached hydrogens (tertiary/aromatic N) is 1. The van der Waals surface area contributed by atoms with Gasteiger partial charge in [-0.05, 0) is 89.1 Å². The Morgan fingerprint density at radius 1 is 0.735 bits per heavy atom. The highest BCUT2D eigenvalue weighted by Crippen LogP contribution is 2.45. The van der Waals surface area contributed by atoms with Crippen molar-refractivity contribution in [2.75, 3.05) is 0 Å². The van der Waals surface area contributed by atoms with Crippen LogP contribution in [0, 0.1) is 26.2 Å². The van der Waals surface area contributed by atoms with Gasteiger partial charge in [0.25, 0.3) is 0 Å². The molecule has 0 atom stereocenters. The molecule has 0 aliphatic heterocycles. The minimum atomic E-state index is 0.204. The first-order chi connectivity index (χ1) is 16.1. The fourth-order valence-corrected chi connectivity index (χ4v) is 5.86. The Kier molecular flexibility index (Phi) is 5.47. The lowest BCUT2D eigenvalue weighted by molar-refractivity contribution is -0.660. The number of hydrogen-bond donors (Lipinski definition) is 0. The second-order valence-corrected chi connectivity index (χ2v) is 11.3. The van der Waals surface area contributed by atoms with Crippen molar-refractivity contribution in [2.24, 2.45) is 12.5 Å². The molecule has 4 aromatic rings. The summed E-state index contributed by atoms with van der Waals surface area (Å²) in [6, 6.07) is 22.6. The van der Waals surface area contributed by atoms with Crippen molar-refractivity contribution in [2.45, 2.75) is 54.4 Å². The zero-order valence-corrected chi connectivity index (χ0v) is 21.7. The van der Waals surface area contributed by atoms with E-state index in [-0.39, 0.29) is 5.41 Å². The topological polar surface area (TPSA) is 3.88 Å². The van der Waals surface area contributed by atoms with E-state index in [4.69, 9.17) is 0 Å². The van der Waals surface area contributed by atoms with Gasteiger partial charge in [0.15, 0.2) is 6.20 Å². The van der Waals surface area contributed by atoms with Crippen LogP contribution in [-0.2, 0) is 19.9 Å². The average Bonchev–Trinajstić information content (AvgIpc) is 3.15. The van der Waals surface area contributed by atoms with Crippen molar-refractivity contribution in [1.29, 1.82) is 0 Å². The summed E-state index contributed by atoms with van der Waals surface area (Å²) in [6.45, 7) is 13.8. The van der Waals surface area contributed by atoms with E-state index in [1.54, 1.807) is 0 Å². The summed E-state index contributed by atoms with van der Waals surface area (Å²) >= 11 is 0. The van der Waals surface area contributed by atoms with Crippen LogP contribution in [0.5, 0.6) is 0 Å². The summed E-state index contributed by atoms with van der Waals surface area (Å²) in [5.74, 6) is 0. The van der Waals surface area contributed by atoms with Gasteiger partial charge in [-0.15, -0.1) is 0 Å². The molecule has 0 amide bonds. The molecule has 0 saturated heterocycles. The van der Waals surface area contributed by atoms with E-state index in [1.165, 1.54) is 66.9 Å². The van der Waals surface area contributed by atoms with E-state index in [2.05, 4.69) is 120 Å². The molecule has 1 nitrogen and oxygen atoms in total. The van der Waals surface area contributed by atoms with Gasteiger partial charge >= 0.3 is 0 Å². The first-order valence-electron chi connectivity index (χ1n) is 12.4. The number of fused-ring (bicyclic) bond motifs is 3. The normalized spacial score (nSPS) is 12.6. The molecule has 0 saturated carbocycles. The Labute approximate surface area is 205 Å². The molecule has 34 heavy (non-hydrogen) atoms. The second-order valence-electron chi connectivity index (χ2n) is 11.3. The molecule has 1 aliphatic carbocycles. The Bertz CT molecular complexity index is 1420. The Hall–Kier alpha value is -3.19. The van der Waals surface area contributed by atoms with Crippen molar-refractivity contribution in [3.05, 3.63) is 100 Å². The number of aromatic nitrogens is 1. The van der Waals surface area contributed by atoms with Gasteiger partial charge in [0.1, 0.15) is 7.05 Å². The van der Waals surface area contributed by atoms with E-state index in [1.807, 2.05) is 0 Å². The Morgan fingerprint density at radius 3 is 2.09 bits per heavy atom. The first kappa shape index (κ1) is 22.6. The summed E-state index contributed by atoms with van der Waals surface area (Å²) in [7, 11) is 2.21. The maximum atomic E-state index is 2.48. The number of benzene rings is 3. The van der Waals surface area contributed by atoms with Gasteiger partial charge < -0.3 is 0 Å². The van der Waals surface area contributed by atoms with E-state index in [0.29, 0.717) is 0 Å². The molecule has 1 aliphatic rings. The highest BCUT2D eigenvalue weighted by Gasteiger charge is 2.29. The molecule has 0 unspecified atom stereocenters. The molecular formula is C33H36N+. The Balaban J connectivity index is 1.77. The first-order valence-corrected chi connectivity index (χ1v) is 12.4. The maximum Gasteiger partial charge on any atom is 0.213 e. The van der Waals surface area contributed by atoms with Crippen LogP contribution in [0.3, 0.4) is 0 Å². The third-order valence-corrected chi connectivity index (χ3v) is 7.25. The molecule has 3 aromatic carbocycles. The zero-order chi connectivity index (χ0) is 24.2. The molecular weight excluding hydrogens is 410 g/mol. The lowest BCUT2D eigenvalue weighted by Crippen LogP contribution is -2.32. The monoisotopic (exact) mass is 446 g/mol. The fraction of sp³-hybridized carbons (Fsp3) is 0.303. The van der Waals surface area contributed by atoms with Crippen molar-refractivity contribution in [3.63, 3.8) is 0 Å². The quantitative estimate of drug-likeness (QED) is 0.248. The third-order valence-electron chi connectivity index (χ3n) is 7.25. The van der Waals surface area contributed by atoms with E-state index < -0.39 is 0 Å². The van der Waals surface area contributed by atoms with Crippen molar-refractivity contribution < 1.29 is 4.57 Å². The van der Waals surface area contributed by atoms with Crippen LogP contribution in [-0.4, -0.2) is 0 Å². The number of rotatable bonds is 3. The van der Waals surface area contributed by atoms with Gasteiger partial charge in [0.2, 0.25) is 5.69 Å². The summed E-state index contributed by atoms with van der Waals surface area (Å²) in [5, 5.41) is 0. The summed E-state index contributed by atoms with van der Waals surface area (Å²) in [4.78, 5) is 0. The van der Waals surface area contributed by atoms with Gasteiger partial charge in [-0.3, -0.25) is 0 Å². The summed E-state index contributed by atoms with van der Waals surface area (Å²) in [5.41, 5.74) is 16.9. The van der Waals surface area contributed by atoms with Gasteiger partial charge in [-0.1, -0.05) is 75.4 Å². The second kappa shape index (κ2) is 8.24. The predicted octanol–water partition coefficient (Wildman–Crippen LogP) is 7.93. The zero-order valence-electron chi connectivity index (χ0n) is 21.7. The van der Waals surface area contributed by atoms with Crippen LogP contribution in [0.2, 0.25) is 0 Å². The lowest BCUT2D eigenvalue weighted by Gasteiger charge is -2.22. The maximum absolute atomic E-state index is 2.48.